The van der Waals surface area contributed by atoms with Crippen molar-refractivity contribution in [2.45, 2.75) is 19.4 Å². The lowest BCUT2D eigenvalue weighted by atomic mass is 10.0. The van der Waals surface area contributed by atoms with E-state index in [1.54, 1.807) is 12.1 Å². The van der Waals surface area contributed by atoms with Gasteiger partial charge >= 0.3 is 0 Å². The number of halogens is 2. The molecule has 0 saturated heterocycles. The van der Waals surface area contributed by atoms with Gasteiger partial charge in [0, 0.05) is 17.6 Å². The van der Waals surface area contributed by atoms with Crippen LogP contribution in [-0.4, -0.2) is 36.1 Å². The fourth-order valence-electron chi connectivity index (χ4n) is 1.35. The predicted octanol–water partition coefficient (Wildman–Crippen LogP) is 2.97. The van der Waals surface area contributed by atoms with E-state index in [0.717, 1.165) is 0 Å². The van der Waals surface area contributed by atoms with Crippen LogP contribution in [0.15, 0.2) is 16.6 Å². The first kappa shape index (κ1) is 16.3. The van der Waals surface area contributed by atoms with Gasteiger partial charge in [0.15, 0.2) is 5.82 Å². The quantitative estimate of drug-likeness (QED) is 0.803. The van der Waals surface area contributed by atoms with E-state index < -0.39 is 0 Å². The van der Waals surface area contributed by atoms with Crippen LogP contribution in [0.5, 0.6) is 0 Å². The minimum atomic E-state index is -0.375. The molecule has 0 atom stereocenters. The van der Waals surface area contributed by atoms with Gasteiger partial charge in [0.1, 0.15) is 4.99 Å². The van der Waals surface area contributed by atoms with E-state index in [1.165, 1.54) is 0 Å². The first-order chi connectivity index (χ1) is 8.66. The predicted molar refractivity (Wildman–Crippen MR) is 86.2 cm³/mol. The Balaban J connectivity index is 2.93. The Hall–Kier alpha value is -0.720. The largest absolute Gasteiger partial charge is 0.389 e. The Bertz CT molecular complexity index is 489. The van der Waals surface area contributed by atoms with Crippen LogP contribution in [0.3, 0.4) is 0 Å². The third-order valence-corrected chi connectivity index (χ3v) is 4.27. The number of nitrogens with one attached hydrogen (secondary N) is 1. The second kappa shape index (κ2) is 6.15. The highest BCUT2D eigenvalue weighted by molar-refractivity contribution is 9.10. The molecule has 3 N–H and O–H groups in total. The summed E-state index contributed by atoms with van der Waals surface area (Å²) in [4.78, 5) is 2.25. The molecule has 3 nitrogen and oxygen atoms in total. The van der Waals surface area contributed by atoms with Crippen molar-refractivity contribution in [2.24, 2.45) is 5.73 Å². The van der Waals surface area contributed by atoms with Crippen LogP contribution in [0.2, 0.25) is 0 Å². The van der Waals surface area contributed by atoms with E-state index in [2.05, 4.69) is 40.0 Å². The van der Waals surface area contributed by atoms with Gasteiger partial charge in [0.05, 0.1) is 10.2 Å². The van der Waals surface area contributed by atoms with Crippen molar-refractivity contribution in [2.75, 3.05) is 26.0 Å². The highest BCUT2D eigenvalue weighted by atomic mass is 79.9. The van der Waals surface area contributed by atoms with E-state index in [-0.39, 0.29) is 16.3 Å². The Kier molecular flexibility index (Phi) is 5.29. The summed E-state index contributed by atoms with van der Waals surface area (Å²) in [5.74, 6) is -0.375. The van der Waals surface area contributed by atoms with Gasteiger partial charge in [0.2, 0.25) is 0 Å². The van der Waals surface area contributed by atoms with Crippen LogP contribution in [0.4, 0.5) is 10.1 Å². The van der Waals surface area contributed by atoms with E-state index in [0.29, 0.717) is 22.3 Å². The van der Waals surface area contributed by atoms with E-state index in [4.69, 9.17) is 18.0 Å². The van der Waals surface area contributed by atoms with Crippen molar-refractivity contribution < 1.29 is 4.39 Å². The summed E-state index contributed by atoms with van der Waals surface area (Å²) < 4.78 is 14.5. The third kappa shape index (κ3) is 3.87. The smallest absolute Gasteiger partial charge is 0.161 e. The fraction of sp³-hybridized carbons (Fsp3) is 0.462. The molecule has 0 radical (unpaired) electrons. The molecule has 0 spiro atoms. The number of hydrogen-bond donors (Lipinski definition) is 2. The van der Waals surface area contributed by atoms with Gasteiger partial charge in [-0.3, -0.25) is 0 Å². The highest BCUT2D eigenvalue weighted by Crippen LogP contribution is 2.27. The number of likely N-dealkylation sites (N-methyl/N-ethyl adjacent to an activating group) is 1. The minimum absolute atomic E-state index is 0.0826. The molecule has 1 aromatic rings. The van der Waals surface area contributed by atoms with Crippen LogP contribution in [0, 0.1) is 5.82 Å². The van der Waals surface area contributed by atoms with Gasteiger partial charge in [-0.2, -0.15) is 0 Å². The van der Waals surface area contributed by atoms with Gasteiger partial charge in [-0.05, 0) is 56.0 Å². The van der Waals surface area contributed by atoms with Gasteiger partial charge in [-0.15, -0.1) is 0 Å². The number of hydrogen-bond acceptors (Lipinski definition) is 3. The maximum Gasteiger partial charge on any atom is 0.161 e. The van der Waals surface area contributed by atoms with Crippen molar-refractivity contribution in [1.82, 2.24) is 4.90 Å². The molecule has 0 aromatic heterocycles. The molecule has 0 aliphatic rings. The summed E-state index contributed by atoms with van der Waals surface area (Å²) in [7, 11) is 3.98. The highest BCUT2D eigenvalue weighted by Gasteiger charge is 2.21. The molecular weight excluding hydrogens is 329 g/mol. The molecule has 0 amide bonds. The molecule has 0 aliphatic heterocycles. The summed E-state index contributed by atoms with van der Waals surface area (Å²) in [6.07, 6.45) is 0. The normalized spacial score (nSPS) is 11.7. The molecule has 1 rings (SSSR count). The molecule has 0 saturated carbocycles. The summed E-state index contributed by atoms with van der Waals surface area (Å²) in [5, 5.41) is 3.11. The third-order valence-electron chi connectivity index (χ3n) is 3.27. The first-order valence-electron chi connectivity index (χ1n) is 5.86. The van der Waals surface area contributed by atoms with Crippen molar-refractivity contribution in [3.05, 3.63) is 28.0 Å². The van der Waals surface area contributed by atoms with Gasteiger partial charge < -0.3 is 16.0 Å². The fourth-order valence-corrected chi connectivity index (χ4v) is 2.21. The standard InChI is InChI=1S/C13H19BrFN3S/c1-13(2,18(3)4)7-17-9-6-5-8(12(16)19)10(14)11(9)15/h5-6,17H,7H2,1-4H3,(H2,16,19). The van der Waals surface area contributed by atoms with Gasteiger partial charge in [-0.1, -0.05) is 12.2 Å². The zero-order chi connectivity index (χ0) is 14.8. The molecule has 0 bridgehead atoms. The van der Waals surface area contributed by atoms with Crippen molar-refractivity contribution in [1.29, 1.82) is 0 Å². The molecule has 0 heterocycles. The zero-order valence-corrected chi connectivity index (χ0v) is 14.0. The maximum atomic E-state index is 14.2. The summed E-state index contributed by atoms with van der Waals surface area (Å²) >= 11 is 8.05. The summed E-state index contributed by atoms with van der Waals surface area (Å²) in [6, 6.07) is 3.36. The van der Waals surface area contributed by atoms with Crippen molar-refractivity contribution in [3.8, 4) is 0 Å². The van der Waals surface area contributed by atoms with E-state index in [9.17, 15) is 4.39 Å². The molecular formula is C13H19BrFN3S. The maximum absolute atomic E-state index is 14.2. The minimum Gasteiger partial charge on any atom is -0.389 e. The van der Waals surface area contributed by atoms with Crippen LogP contribution in [0.25, 0.3) is 0 Å². The lowest BCUT2D eigenvalue weighted by molar-refractivity contribution is 0.210. The number of nitrogens with two attached hydrogens (primary N) is 1. The number of rotatable bonds is 5. The van der Waals surface area contributed by atoms with Crippen molar-refractivity contribution in [3.63, 3.8) is 0 Å². The second-order valence-electron chi connectivity index (χ2n) is 5.21. The molecule has 19 heavy (non-hydrogen) atoms. The lowest BCUT2D eigenvalue weighted by Gasteiger charge is -2.33. The Labute approximate surface area is 127 Å². The number of benzene rings is 1. The number of thiocarbonyl (C=S) groups is 1. The van der Waals surface area contributed by atoms with E-state index in [1.807, 2.05) is 14.1 Å². The molecule has 1 aromatic carbocycles. The van der Waals surface area contributed by atoms with Crippen LogP contribution in [-0.2, 0) is 0 Å². The average Bonchev–Trinajstić information content (AvgIpc) is 2.30. The number of nitrogens with zero attached hydrogens (tertiary/aromatic N) is 1. The van der Waals surface area contributed by atoms with Gasteiger partial charge in [-0.25, -0.2) is 4.39 Å². The zero-order valence-electron chi connectivity index (χ0n) is 11.6. The van der Waals surface area contributed by atoms with Crippen LogP contribution >= 0.6 is 28.1 Å². The van der Waals surface area contributed by atoms with Crippen molar-refractivity contribution >= 4 is 38.8 Å². The molecule has 0 fully saturated rings. The van der Waals surface area contributed by atoms with Crippen LogP contribution in [0.1, 0.15) is 19.4 Å². The topological polar surface area (TPSA) is 41.3 Å². The summed E-state index contributed by atoms with van der Waals surface area (Å²) in [5.41, 5.74) is 6.38. The molecule has 0 aliphatic carbocycles. The molecule has 6 heteroatoms. The molecule has 106 valence electrons. The average molecular weight is 348 g/mol. The number of anilines is 1. The van der Waals surface area contributed by atoms with E-state index >= 15 is 0 Å². The Morgan fingerprint density at radius 3 is 2.53 bits per heavy atom. The second-order valence-corrected chi connectivity index (χ2v) is 6.45. The lowest BCUT2D eigenvalue weighted by Crippen LogP contribution is -2.44. The summed E-state index contributed by atoms with van der Waals surface area (Å²) in [6.45, 7) is 4.78. The monoisotopic (exact) mass is 347 g/mol. The first-order valence-corrected chi connectivity index (χ1v) is 7.06. The Morgan fingerprint density at radius 1 is 1.47 bits per heavy atom. The Morgan fingerprint density at radius 2 is 2.05 bits per heavy atom. The van der Waals surface area contributed by atoms with Gasteiger partial charge in [0.25, 0.3) is 0 Å². The van der Waals surface area contributed by atoms with Crippen LogP contribution < -0.4 is 11.1 Å². The SMILES string of the molecule is CN(C)C(C)(C)CNc1ccc(C(N)=S)c(Br)c1F. The molecule has 0 unspecified atom stereocenters.